The average molecular weight is 334 g/mol. The quantitative estimate of drug-likeness (QED) is 0.535. The summed E-state index contributed by atoms with van der Waals surface area (Å²) in [4.78, 5) is 10.9. The van der Waals surface area contributed by atoms with Crippen LogP contribution in [-0.2, 0) is 9.53 Å². The van der Waals surface area contributed by atoms with E-state index in [4.69, 9.17) is 9.84 Å². The first-order valence-electron chi connectivity index (χ1n) is 9.29. The zero-order valence-electron chi connectivity index (χ0n) is 15.9. The molecule has 3 nitrogen and oxygen atoms in total. The van der Waals surface area contributed by atoms with Gasteiger partial charge in [0.05, 0.1) is 6.61 Å². The van der Waals surface area contributed by atoms with Crippen molar-refractivity contribution >= 4 is 5.97 Å². The molecule has 2 aliphatic carbocycles. The molecule has 0 aromatic heterocycles. The van der Waals surface area contributed by atoms with E-state index in [0.29, 0.717) is 11.8 Å². The fourth-order valence-corrected chi connectivity index (χ4v) is 5.77. The molecule has 24 heavy (non-hydrogen) atoms. The maximum atomic E-state index is 10.9. The number of rotatable bonds is 6. The molecule has 0 spiro atoms. The zero-order valence-corrected chi connectivity index (χ0v) is 15.9. The van der Waals surface area contributed by atoms with E-state index in [2.05, 4.69) is 20.4 Å². The highest BCUT2D eigenvalue weighted by Gasteiger charge is 2.54. The van der Waals surface area contributed by atoms with Crippen LogP contribution in [0.4, 0.5) is 0 Å². The van der Waals surface area contributed by atoms with Crippen molar-refractivity contribution in [2.45, 2.75) is 65.7 Å². The highest BCUT2D eigenvalue weighted by atomic mass is 16.5. The van der Waals surface area contributed by atoms with E-state index < -0.39 is 5.97 Å². The van der Waals surface area contributed by atoms with E-state index >= 15 is 0 Å². The summed E-state index contributed by atoms with van der Waals surface area (Å²) in [5.74, 6) is 0.312. The molecule has 0 aromatic carbocycles. The lowest BCUT2D eigenvalue weighted by atomic mass is 9.47. The highest BCUT2D eigenvalue weighted by Crippen LogP contribution is 2.62. The molecule has 4 unspecified atom stereocenters. The van der Waals surface area contributed by atoms with Gasteiger partial charge >= 0.3 is 5.97 Å². The minimum absolute atomic E-state index is 0.257. The molecule has 0 aliphatic heterocycles. The van der Waals surface area contributed by atoms with Crippen molar-refractivity contribution in [2.24, 2.45) is 22.7 Å². The monoisotopic (exact) mass is 334 g/mol. The molecular formula is C21H34O3. The molecule has 1 N–H and O–H groups in total. The van der Waals surface area contributed by atoms with Gasteiger partial charge in [0.25, 0.3) is 0 Å². The van der Waals surface area contributed by atoms with Gasteiger partial charge in [0.15, 0.2) is 0 Å². The van der Waals surface area contributed by atoms with Gasteiger partial charge < -0.3 is 9.84 Å². The molecular weight excluding hydrogens is 300 g/mol. The summed E-state index contributed by atoms with van der Waals surface area (Å²) in [6.45, 7) is 12.0. The SMILES string of the molecule is C=C1CCC2C(C)(COC)CCCC2(C)C1CCC(C)=CC(=O)O. The van der Waals surface area contributed by atoms with Gasteiger partial charge in [-0.15, -0.1) is 0 Å². The van der Waals surface area contributed by atoms with Gasteiger partial charge in [-0.25, -0.2) is 4.79 Å². The molecule has 0 amide bonds. The van der Waals surface area contributed by atoms with Gasteiger partial charge in [0, 0.05) is 13.2 Å². The fourth-order valence-electron chi connectivity index (χ4n) is 5.77. The summed E-state index contributed by atoms with van der Waals surface area (Å²) in [5.41, 5.74) is 2.85. The van der Waals surface area contributed by atoms with Crippen molar-refractivity contribution in [3.63, 3.8) is 0 Å². The number of aliphatic carboxylic acids is 1. The Balaban J connectivity index is 2.20. The summed E-state index contributed by atoms with van der Waals surface area (Å²) < 4.78 is 5.59. The van der Waals surface area contributed by atoms with Gasteiger partial charge in [0.2, 0.25) is 0 Å². The van der Waals surface area contributed by atoms with Gasteiger partial charge in [0.1, 0.15) is 0 Å². The van der Waals surface area contributed by atoms with Gasteiger partial charge in [-0.1, -0.05) is 38.0 Å². The van der Waals surface area contributed by atoms with Crippen molar-refractivity contribution in [3.05, 3.63) is 23.8 Å². The molecule has 0 bridgehead atoms. The van der Waals surface area contributed by atoms with Crippen LogP contribution in [0, 0.1) is 22.7 Å². The second kappa shape index (κ2) is 7.43. The Morgan fingerprint density at radius 2 is 2.12 bits per heavy atom. The number of carboxylic acids is 1. The molecule has 0 saturated heterocycles. The molecule has 2 aliphatic rings. The lowest BCUT2D eigenvalue weighted by Gasteiger charge is -2.58. The Morgan fingerprint density at radius 3 is 2.75 bits per heavy atom. The topological polar surface area (TPSA) is 46.5 Å². The van der Waals surface area contributed by atoms with E-state index in [1.807, 2.05) is 14.0 Å². The number of fused-ring (bicyclic) bond motifs is 1. The van der Waals surface area contributed by atoms with Crippen molar-refractivity contribution in [1.82, 2.24) is 0 Å². The van der Waals surface area contributed by atoms with Crippen LogP contribution in [0.3, 0.4) is 0 Å². The summed E-state index contributed by atoms with van der Waals surface area (Å²) in [6.07, 6.45) is 9.29. The second-order valence-corrected chi connectivity index (χ2v) is 8.62. The van der Waals surface area contributed by atoms with Crippen molar-refractivity contribution in [2.75, 3.05) is 13.7 Å². The van der Waals surface area contributed by atoms with Crippen LogP contribution >= 0.6 is 0 Å². The lowest BCUT2D eigenvalue weighted by molar-refractivity contribution is -0.131. The summed E-state index contributed by atoms with van der Waals surface area (Å²) in [5, 5.41) is 8.93. The molecule has 0 aromatic rings. The van der Waals surface area contributed by atoms with Crippen molar-refractivity contribution < 1.29 is 14.6 Å². The van der Waals surface area contributed by atoms with Crippen LogP contribution in [0.15, 0.2) is 23.8 Å². The van der Waals surface area contributed by atoms with Gasteiger partial charge in [-0.3, -0.25) is 0 Å². The predicted molar refractivity (Wildman–Crippen MR) is 97.9 cm³/mol. The Morgan fingerprint density at radius 1 is 1.42 bits per heavy atom. The first-order valence-corrected chi connectivity index (χ1v) is 9.29. The number of allylic oxidation sites excluding steroid dienone is 2. The maximum Gasteiger partial charge on any atom is 0.328 e. The smallest absolute Gasteiger partial charge is 0.328 e. The summed E-state index contributed by atoms with van der Waals surface area (Å²) >= 11 is 0. The first-order chi connectivity index (χ1) is 11.2. The van der Waals surface area contributed by atoms with Crippen LogP contribution in [0.1, 0.15) is 65.7 Å². The number of carboxylic acid groups (broad SMARTS) is 1. The molecule has 2 rings (SSSR count). The summed E-state index contributed by atoms with van der Waals surface area (Å²) in [6, 6.07) is 0. The van der Waals surface area contributed by atoms with Crippen LogP contribution in [0.25, 0.3) is 0 Å². The number of methoxy groups -OCH3 is 1. The van der Waals surface area contributed by atoms with Crippen LogP contribution in [0.5, 0.6) is 0 Å². The maximum absolute atomic E-state index is 10.9. The van der Waals surface area contributed by atoms with Crippen LogP contribution in [-0.4, -0.2) is 24.8 Å². The lowest BCUT2D eigenvalue weighted by Crippen LogP contribution is -2.52. The molecule has 2 saturated carbocycles. The molecule has 3 heteroatoms. The zero-order chi connectivity index (χ0) is 18.0. The number of carbonyl (C=O) groups is 1. The Kier molecular flexibility index (Phi) is 5.95. The summed E-state index contributed by atoms with van der Waals surface area (Å²) in [7, 11) is 1.82. The molecule has 2 fully saturated rings. The Bertz CT molecular complexity index is 517. The minimum atomic E-state index is -0.843. The normalized spacial score (nSPS) is 37.2. The van der Waals surface area contributed by atoms with Crippen LogP contribution < -0.4 is 0 Å². The third kappa shape index (κ3) is 3.77. The average Bonchev–Trinajstić information content (AvgIpc) is 2.45. The van der Waals surface area contributed by atoms with E-state index in [1.54, 1.807) is 0 Å². The highest BCUT2D eigenvalue weighted by molar-refractivity contribution is 5.80. The standard InChI is InChI=1S/C21H34O3/c1-15(13-19(22)23)7-9-17-16(2)8-10-18-20(3,14-24-5)11-6-12-21(17,18)4/h13,17-18H,2,6-12,14H2,1,3-5H3,(H,22,23). The Labute approximate surface area is 147 Å². The fraction of sp³-hybridized carbons (Fsp3) is 0.762. The van der Waals surface area contributed by atoms with Gasteiger partial charge in [-0.05, 0) is 68.1 Å². The molecule has 0 heterocycles. The van der Waals surface area contributed by atoms with E-state index in [0.717, 1.165) is 31.4 Å². The predicted octanol–water partition coefficient (Wildman–Crippen LogP) is 5.22. The molecule has 0 radical (unpaired) electrons. The number of hydrogen-bond donors (Lipinski definition) is 1. The Hall–Kier alpha value is -1.09. The minimum Gasteiger partial charge on any atom is -0.478 e. The van der Waals surface area contributed by atoms with E-state index in [1.165, 1.54) is 37.3 Å². The van der Waals surface area contributed by atoms with Crippen molar-refractivity contribution in [1.29, 1.82) is 0 Å². The first kappa shape index (κ1) is 19.2. The molecule has 136 valence electrons. The van der Waals surface area contributed by atoms with E-state index in [-0.39, 0.29) is 10.8 Å². The second-order valence-electron chi connectivity index (χ2n) is 8.62. The largest absolute Gasteiger partial charge is 0.478 e. The van der Waals surface area contributed by atoms with E-state index in [9.17, 15) is 4.79 Å². The number of ether oxygens (including phenoxy) is 1. The van der Waals surface area contributed by atoms with Crippen molar-refractivity contribution in [3.8, 4) is 0 Å². The van der Waals surface area contributed by atoms with Crippen LogP contribution in [0.2, 0.25) is 0 Å². The van der Waals surface area contributed by atoms with Gasteiger partial charge in [-0.2, -0.15) is 0 Å². The third-order valence-electron chi connectivity index (χ3n) is 6.81. The number of hydrogen-bond acceptors (Lipinski definition) is 2. The molecule has 4 atom stereocenters. The third-order valence-corrected chi connectivity index (χ3v) is 6.81.